The third-order valence-electron chi connectivity index (χ3n) is 2.14. The normalized spacial score (nSPS) is 12.3. The molecule has 0 aliphatic rings. The predicted molar refractivity (Wildman–Crippen MR) is 55.1 cm³/mol. The second-order valence-corrected chi connectivity index (χ2v) is 3.99. The highest BCUT2D eigenvalue weighted by Crippen LogP contribution is 2.32. The first-order chi connectivity index (χ1) is 7.00. The molecule has 0 saturated carbocycles. The Morgan fingerprint density at radius 1 is 1.20 bits per heavy atom. The van der Waals surface area contributed by atoms with Gasteiger partial charge < -0.3 is 4.98 Å². The number of hydrogen-bond donors (Lipinski definition) is 1. The van der Waals surface area contributed by atoms with E-state index < -0.39 is 11.7 Å². The molecule has 5 heteroatoms. The Morgan fingerprint density at radius 3 is 2.53 bits per heavy atom. The average Bonchev–Trinajstić information content (AvgIpc) is 2.57. The Hall–Kier alpha value is -1.10. The summed E-state index contributed by atoms with van der Waals surface area (Å²) in [5.41, 5.74) is 0.119. The van der Waals surface area contributed by atoms with Gasteiger partial charge in [-0.1, -0.05) is 0 Å². The van der Waals surface area contributed by atoms with E-state index in [1.165, 1.54) is 17.8 Å². The van der Waals surface area contributed by atoms with Crippen molar-refractivity contribution in [1.82, 2.24) is 4.98 Å². The van der Waals surface area contributed by atoms with Gasteiger partial charge in [-0.2, -0.15) is 13.2 Å². The van der Waals surface area contributed by atoms with Crippen molar-refractivity contribution in [2.24, 2.45) is 0 Å². The van der Waals surface area contributed by atoms with Crippen LogP contribution in [-0.4, -0.2) is 11.2 Å². The molecule has 1 aromatic heterocycles. The molecule has 0 atom stereocenters. The molecular weight excluding hydrogens is 223 g/mol. The number of aromatic amines is 1. The zero-order chi connectivity index (χ0) is 11.1. The third-order valence-corrected chi connectivity index (χ3v) is 2.80. The number of nitrogens with one attached hydrogen (secondary N) is 1. The molecule has 0 bridgehead atoms. The van der Waals surface area contributed by atoms with Gasteiger partial charge in [0.1, 0.15) is 0 Å². The minimum atomic E-state index is -4.27. The number of alkyl halides is 3. The highest BCUT2D eigenvalue weighted by atomic mass is 32.2. The standard InChI is InChI=1S/C10H8F3NS/c1-15-9-5-6-4-7(10(11,12)13)2-3-8(6)14-9/h2-5,14H,1H3. The van der Waals surface area contributed by atoms with Crippen molar-refractivity contribution in [2.75, 3.05) is 6.26 Å². The van der Waals surface area contributed by atoms with Gasteiger partial charge in [-0.15, -0.1) is 11.8 Å². The number of halogens is 3. The van der Waals surface area contributed by atoms with Crippen LogP contribution >= 0.6 is 11.8 Å². The van der Waals surface area contributed by atoms with Crippen LogP contribution in [0.5, 0.6) is 0 Å². The smallest absolute Gasteiger partial charge is 0.350 e. The van der Waals surface area contributed by atoms with E-state index in [0.29, 0.717) is 5.39 Å². The number of aromatic nitrogens is 1. The molecule has 0 aliphatic carbocycles. The van der Waals surface area contributed by atoms with Crippen LogP contribution in [0.15, 0.2) is 29.3 Å². The fraction of sp³-hybridized carbons (Fsp3) is 0.200. The lowest BCUT2D eigenvalue weighted by Gasteiger charge is -2.05. The van der Waals surface area contributed by atoms with E-state index in [9.17, 15) is 13.2 Å². The predicted octanol–water partition coefficient (Wildman–Crippen LogP) is 3.91. The van der Waals surface area contributed by atoms with Crippen LogP contribution in [0.2, 0.25) is 0 Å². The summed E-state index contributed by atoms with van der Waals surface area (Å²) in [4.78, 5) is 3.02. The maximum Gasteiger partial charge on any atom is 0.416 e. The van der Waals surface area contributed by atoms with Crippen molar-refractivity contribution in [1.29, 1.82) is 0 Å². The largest absolute Gasteiger partial charge is 0.416 e. The molecule has 1 aromatic carbocycles. The van der Waals surface area contributed by atoms with Crippen LogP contribution in [0.4, 0.5) is 13.2 Å². The Labute approximate surface area is 88.7 Å². The first-order valence-corrected chi connectivity index (χ1v) is 5.47. The molecule has 0 spiro atoms. The molecule has 0 saturated heterocycles. The first kappa shape index (κ1) is 10.4. The van der Waals surface area contributed by atoms with Gasteiger partial charge in [-0.25, -0.2) is 0 Å². The topological polar surface area (TPSA) is 15.8 Å². The number of fused-ring (bicyclic) bond motifs is 1. The minimum absolute atomic E-state index is 0.592. The van der Waals surface area contributed by atoms with Gasteiger partial charge in [-0.3, -0.25) is 0 Å². The van der Waals surface area contributed by atoms with Crippen molar-refractivity contribution >= 4 is 22.7 Å². The number of H-pyrrole nitrogens is 1. The zero-order valence-electron chi connectivity index (χ0n) is 7.85. The van der Waals surface area contributed by atoms with Crippen LogP contribution in [0.3, 0.4) is 0 Å². The van der Waals surface area contributed by atoms with E-state index in [1.54, 1.807) is 6.07 Å². The molecule has 0 aliphatic heterocycles. The summed E-state index contributed by atoms with van der Waals surface area (Å²) in [7, 11) is 0. The summed E-state index contributed by atoms with van der Waals surface area (Å²) in [5.74, 6) is 0. The van der Waals surface area contributed by atoms with Crippen molar-refractivity contribution < 1.29 is 13.2 Å². The fourth-order valence-corrected chi connectivity index (χ4v) is 1.85. The van der Waals surface area contributed by atoms with Gasteiger partial charge in [0, 0.05) is 10.9 Å². The number of hydrogen-bond acceptors (Lipinski definition) is 1. The van der Waals surface area contributed by atoms with E-state index in [-0.39, 0.29) is 0 Å². The molecule has 0 unspecified atom stereocenters. The highest BCUT2D eigenvalue weighted by molar-refractivity contribution is 7.98. The van der Waals surface area contributed by atoms with Crippen LogP contribution in [0, 0.1) is 0 Å². The van der Waals surface area contributed by atoms with Gasteiger partial charge >= 0.3 is 6.18 Å². The monoisotopic (exact) mass is 231 g/mol. The lowest BCUT2D eigenvalue weighted by atomic mass is 10.1. The van der Waals surface area contributed by atoms with E-state index in [0.717, 1.165) is 22.7 Å². The lowest BCUT2D eigenvalue weighted by molar-refractivity contribution is -0.137. The minimum Gasteiger partial charge on any atom is -0.350 e. The quantitative estimate of drug-likeness (QED) is 0.736. The fourth-order valence-electron chi connectivity index (χ4n) is 1.39. The molecule has 0 amide bonds. The highest BCUT2D eigenvalue weighted by Gasteiger charge is 2.30. The molecule has 1 N–H and O–H groups in total. The maximum atomic E-state index is 12.4. The van der Waals surface area contributed by atoms with E-state index in [2.05, 4.69) is 4.98 Å². The molecule has 0 fully saturated rings. The molecular formula is C10H8F3NS. The second kappa shape index (κ2) is 3.48. The van der Waals surface area contributed by atoms with Crippen LogP contribution in [0.25, 0.3) is 10.9 Å². The summed E-state index contributed by atoms with van der Waals surface area (Å²) in [6.45, 7) is 0. The van der Waals surface area contributed by atoms with Crippen molar-refractivity contribution in [3.05, 3.63) is 29.8 Å². The SMILES string of the molecule is CSc1cc2cc(C(F)(F)F)ccc2[nH]1. The number of rotatable bonds is 1. The van der Waals surface area contributed by atoms with E-state index in [4.69, 9.17) is 0 Å². The number of thioether (sulfide) groups is 1. The molecule has 2 rings (SSSR count). The van der Waals surface area contributed by atoms with Gasteiger partial charge in [0.25, 0.3) is 0 Å². The Balaban J connectivity index is 2.55. The van der Waals surface area contributed by atoms with Gasteiger partial charge in [0.15, 0.2) is 0 Å². The van der Waals surface area contributed by atoms with Crippen molar-refractivity contribution in [3.8, 4) is 0 Å². The summed E-state index contributed by atoms with van der Waals surface area (Å²) in [5, 5.41) is 1.46. The Kier molecular flexibility index (Phi) is 2.42. The maximum absolute atomic E-state index is 12.4. The molecule has 1 heterocycles. The molecule has 15 heavy (non-hydrogen) atoms. The summed E-state index contributed by atoms with van der Waals surface area (Å²) in [6.07, 6.45) is -2.40. The van der Waals surface area contributed by atoms with E-state index in [1.807, 2.05) is 6.26 Å². The first-order valence-electron chi connectivity index (χ1n) is 4.24. The van der Waals surface area contributed by atoms with E-state index >= 15 is 0 Å². The molecule has 1 nitrogen and oxygen atoms in total. The Morgan fingerprint density at radius 2 is 1.93 bits per heavy atom. The third kappa shape index (κ3) is 1.97. The second-order valence-electron chi connectivity index (χ2n) is 3.14. The van der Waals surface area contributed by atoms with Gasteiger partial charge in [0.05, 0.1) is 10.6 Å². The molecule has 0 radical (unpaired) electrons. The van der Waals surface area contributed by atoms with Crippen LogP contribution in [-0.2, 0) is 6.18 Å². The van der Waals surface area contributed by atoms with Crippen molar-refractivity contribution in [2.45, 2.75) is 11.2 Å². The molecule has 80 valence electrons. The molecule has 2 aromatic rings. The average molecular weight is 231 g/mol. The Bertz CT molecular complexity index is 487. The number of benzene rings is 1. The van der Waals surface area contributed by atoms with Crippen LogP contribution in [0.1, 0.15) is 5.56 Å². The van der Waals surface area contributed by atoms with Crippen LogP contribution < -0.4 is 0 Å². The zero-order valence-corrected chi connectivity index (χ0v) is 8.67. The summed E-state index contributed by atoms with van der Waals surface area (Å²) < 4.78 is 37.2. The van der Waals surface area contributed by atoms with Gasteiger partial charge in [0.2, 0.25) is 0 Å². The summed E-state index contributed by atoms with van der Waals surface area (Å²) in [6, 6.07) is 5.42. The van der Waals surface area contributed by atoms with Crippen molar-refractivity contribution in [3.63, 3.8) is 0 Å². The lowest BCUT2D eigenvalue weighted by Crippen LogP contribution is -2.03. The summed E-state index contributed by atoms with van der Waals surface area (Å²) >= 11 is 1.47. The van der Waals surface area contributed by atoms with Gasteiger partial charge in [-0.05, 0) is 30.5 Å².